The molecule has 0 fully saturated rings. The van der Waals surface area contributed by atoms with E-state index < -0.39 is 16.1 Å². The van der Waals surface area contributed by atoms with Gasteiger partial charge in [-0.2, -0.15) is 0 Å². The molecule has 7 heteroatoms. The number of amides is 2. The molecule has 0 saturated heterocycles. The van der Waals surface area contributed by atoms with Gasteiger partial charge in [0.1, 0.15) is 0 Å². The largest absolute Gasteiger partial charge is 0.334 e. The van der Waals surface area contributed by atoms with Gasteiger partial charge in [0.15, 0.2) is 0 Å². The quantitative estimate of drug-likeness (QED) is 0.740. The number of para-hydroxylation sites is 1. The molecular formula is C15H15N3O3S. The van der Waals surface area contributed by atoms with Gasteiger partial charge in [-0.05, 0) is 23.8 Å². The Hall–Kier alpha value is -2.64. The molecule has 2 aromatic rings. The first kappa shape index (κ1) is 15.7. The number of carbonyl (C=O) groups excluding carboxylic acids is 1. The van der Waals surface area contributed by atoms with Gasteiger partial charge < -0.3 is 5.32 Å². The van der Waals surface area contributed by atoms with E-state index in [0.717, 1.165) is 11.0 Å². The summed E-state index contributed by atoms with van der Waals surface area (Å²) in [6.45, 7) is 0. The van der Waals surface area contributed by atoms with Crippen LogP contribution in [0.3, 0.4) is 0 Å². The molecule has 0 spiro atoms. The summed E-state index contributed by atoms with van der Waals surface area (Å²) in [6.07, 6.45) is 1.43. The lowest BCUT2D eigenvalue weighted by Gasteiger charge is -2.07. The third kappa shape index (κ3) is 5.39. The van der Waals surface area contributed by atoms with Gasteiger partial charge in [0.25, 0.3) is 10.0 Å². The predicted molar refractivity (Wildman–Crippen MR) is 86.1 cm³/mol. The van der Waals surface area contributed by atoms with Gasteiger partial charge in [-0.15, -0.1) is 4.83 Å². The maximum atomic E-state index is 11.7. The third-order valence-electron chi connectivity index (χ3n) is 2.58. The van der Waals surface area contributed by atoms with Crippen LogP contribution >= 0.6 is 0 Å². The lowest BCUT2D eigenvalue weighted by Crippen LogP contribution is -2.42. The Kier molecular flexibility index (Phi) is 5.29. The van der Waals surface area contributed by atoms with E-state index in [0.29, 0.717) is 5.69 Å². The van der Waals surface area contributed by atoms with Crippen LogP contribution in [0.4, 0.5) is 10.5 Å². The zero-order valence-electron chi connectivity index (χ0n) is 11.6. The molecule has 2 rings (SSSR count). The molecular weight excluding hydrogens is 302 g/mol. The molecule has 6 nitrogen and oxygen atoms in total. The molecule has 2 amide bonds. The third-order valence-corrected chi connectivity index (χ3v) is 3.46. The average Bonchev–Trinajstić information content (AvgIpc) is 2.53. The van der Waals surface area contributed by atoms with Gasteiger partial charge in [0, 0.05) is 11.1 Å². The van der Waals surface area contributed by atoms with Crippen LogP contribution < -0.4 is 15.6 Å². The molecule has 0 unspecified atom stereocenters. The zero-order valence-corrected chi connectivity index (χ0v) is 12.4. The van der Waals surface area contributed by atoms with E-state index in [9.17, 15) is 13.2 Å². The van der Waals surface area contributed by atoms with Gasteiger partial charge in [-0.1, -0.05) is 48.5 Å². The van der Waals surface area contributed by atoms with E-state index in [1.165, 1.54) is 6.08 Å². The number of hydrazine groups is 1. The van der Waals surface area contributed by atoms with Crippen LogP contribution in [-0.4, -0.2) is 14.4 Å². The molecule has 0 aliphatic heterocycles. The molecule has 2 aromatic carbocycles. The SMILES string of the molecule is O=C(NNS(=O)(=O)C=Cc1ccccc1)Nc1ccccc1. The summed E-state index contributed by atoms with van der Waals surface area (Å²) in [4.78, 5) is 13.5. The zero-order chi connectivity index (χ0) is 15.8. The summed E-state index contributed by atoms with van der Waals surface area (Å²) in [6, 6.07) is 17.0. The maximum absolute atomic E-state index is 11.7. The summed E-state index contributed by atoms with van der Waals surface area (Å²) < 4.78 is 23.4. The molecule has 0 aliphatic rings. The van der Waals surface area contributed by atoms with Crippen LogP contribution in [0.15, 0.2) is 66.1 Å². The Morgan fingerprint density at radius 2 is 1.50 bits per heavy atom. The summed E-state index contributed by atoms with van der Waals surface area (Å²) in [5.74, 6) is 0. The van der Waals surface area contributed by atoms with Gasteiger partial charge >= 0.3 is 6.03 Å². The number of rotatable bonds is 5. The molecule has 0 radical (unpaired) electrons. The minimum atomic E-state index is -3.77. The fourth-order valence-corrected chi connectivity index (χ4v) is 2.21. The highest BCUT2D eigenvalue weighted by Gasteiger charge is 2.07. The molecule has 0 bridgehead atoms. The van der Waals surface area contributed by atoms with Crippen molar-refractivity contribution in [2.75, 3.05) is 5.32 Å². The fourth-order valence-electron chi connectivity index (χ4n) is 1.57. The summed E-state index contributed by atoms with van der Waals surface area (Å²) in [5, 5.41) is 3.46. The minimum Gasteiger partial charge on any atom is -0.307 e. The Morgan fingerprint density at radius 3 is 2.14 bits per heavy atom. The smallest absolute Gasteiger partial charge is 0.307 e. The van der Waals surface area contributed by atoms with Crippen molar-refractivity contribution in [3.63, 3.8) is 0 Å². The van der Waals surface area contributed by atoms with Crippen LogP contribution in [0.5, 0.6) is 0 Å². The number of urea groups is 1. The minimum absolute atomic E-state index is 0.555. The topological polar surface area (TPSA) is 87.3 Å². The highest BCUT2D eigenvalue weighted by Crippen LogP contribution is 2.04. The van der Waals surface area contributed by atoms with Gasteiger partial charge in [0.05, 0.1) is 0 Å². The van der Waals surface area contributed by atoms with Crippen LogP contribution in [0.25, 0.3) is 6.08 Å². The predicted octanol–water partition coefficient (Wildman–Crippen LogP) is 2.31. The van der Waals surface area contributed by atoms with Crippen LogP contribution in [0.2, 0.25) is 0 Å². The van der Waals surface area contributed by atoms with E-state index in [1.807, 2.05) is 10.9 Å². The first-order valence-electron chi connectivity index (χ1n) is 6.42. The summed E-state index contributed by atoms with van der Waals surface area (Å²) >= 11 is 0. The normalized spacial score (nSPS) is 11.3. The lowest BCUT2D eigenvalue weighted by molar-refractivity contribution is 0.250. The molecule has 114 valence electrons. The van der Waals surface area contributed by atoms with Crippen molar-refractivity contribution in [3.05, 3.63) is 71.6 Å². The standard InChI is InChI=1S/C15H15N3O3S/c19-15(16-14-9-5-2-6-10-14)17-18-22(20,21)12-11-13-7-3-1-4-8-13/h1-12,18H,(H2,16,17,19). The first-order valence-corrected chi connectivity index (χ1v) is 7.97. The summed E-state index contributed by atoms with van der Waals surface area (Å²) in [5.41, 5.74) is 3.36. The summed E-state index contributed by atoms with van der Waals surface area (Å²) in [7, 11) is -3.77. The number of hydrogen-bond donors (Lipinski definition) is 3. The van der Waals surface area contributed by atoms with Crippen molar-refractivity contribution in [1.82, 2.24) is 10.3 Å². The molecule has 0 aliphatic carbocycles. The molecule has 22 heavy (non-hydrogen) atoms. The first-order chi connectivity index (χ1) is 10.6. The maximum Gasteiger partial charge on any atom is 0.334 e. The number of nitrogens with one attached hydrogen (secondary N) is 3. The number of anilines is 1. The number of carbonyl (C=O) groups is 1. The fraction of sp³-hybridized carbons (Fsp3) is 0. The van der Waals surface area contributed by atoms with E-state index >= 15 is 0 Å². The Balaban J connectivity index is 1.87. The molecule has 0 atom stereocenters. The van der Waals surface area contributed by atoms with Crippen molar-refractivity contribution >= 4 is 27.8 Å². The average molecular weight is 317 g/mol. The van der Waals surface area contributed by atoms with E-state index in [-0.39, 0.29) is 0 Å². The highest BCUT2D eigenvalue weighted by atomic mass is 32.2. The van der Waals surface area contributed by atoms with Crippen molar-refractivity contribution in [1.29, 1.82) is 0 Å². The molecule has 3 N–H and O–H groups in total. The second kappa shape index (κ2) is 7.39. The number of sulfonamides is 1. The van der Waals surface area contributed by atoms with E-state index in [2.05, 4.69) is 10.7 Å². The van der Waals surface area contributed by atoms with Crippen molar-refractivity contribution in [3.8, 4) is 0 Å². The van der Waals surface area contributed by atoms with Gasteiger partial charge in [0.2, 0.25) is 0 Å². The van der Waals surface area contributed by atoms with Gasteiger partial charge in [-0.25, -0.2) is 13.2 Å². The van der Waals surface area contributed by atoms with E-state index in [1.54, 1.807) is 54.6 Å². The Morgan fingerprint density at radius 1 is 0.909 bits per heavy atom. The Labute approximate surface area is 128 Å². The Bertz CT molecular complexity index is 744. The van der Waals surface area contributed by atoms with E-state index in [4.69, 9.17) is 0 Å². The van der Waals surface area contributed by atoms with Crippen molar-refractivity contribution in [2.45, 2.75) is 0 Å². The lowest BCUT2D eigenvalue weighted by atomic mass is 10.2. The van der Waals surface area contributed by atoms with Crippen LogP contribution in [-0.2, 0) is 10.0 Å². The molecule has 0 aromatic heterocycles. The van der Waals surface area contributed by atoms with Crippen molar-refractivity contribution < 1.29 is 13.2 Å². The monoisotopic (exact) mass is 317 g/mol. The number of hydrogen-bond acceptors (Lipinski definition) is 3. The van der Waals surface area contributed by atoms with Crippen LogP contribution in [0, 0.1) is 0 Å². The van der Waals surface area contributed by atoms with Crippen molar-refractivity contribution in [2.24, 2.45) is 0 Å². The highest BCUT2D eigenvalue weighted by molar-refractivity contribution is 7.92. The second-order valence-electron chi connectivity index (χ2n) is 4.31. The second-order valence-corrected chi connectivity index (χ2v) is 5.87. The van der Waals surface area contributed by atoms with Crippen LogP contribution in [0.1, 0.15) is 5.56 Å². The van der Waals surface area contributed by atoms with Gasteiger partial charge in [-0.3, -0.25) is 5.43 Å². The molecule has 0 heterocycles. The number of benzene rings is 2. The molecule has 0 saturated carbocycles.